The van der Waals surface area contributed by atoms with Gasteiger partial charge in [0.15, 0.2) is 0 Å². The molecule has 1 aliphatic heterocycles. The van der Waals surface area contributed by atoms with E-state index >= 15 is 0 Å². The highest BCUT2D eigenvalue weighted by Crippen LogP contribution is 2.21. The second-order valence-electron chi connectivity index (χ2n) is 6.06. The molecule has 1 fully saturated rings. The number of hydrogen-bond acceptors (Lipinski definition) is 4. The Balaban J connectivity index is 2.03. The summed E-state index contributed by atoms with van der Waals surface area (Å²) in [6.45, 7) is 2.96. The van der Waals surface area contributed by atoms with Crippen molar-refractivity contribution in [3.63, 3.8) is 0 Å². The predicted molar refractivity (Wildman–Crippen MR) is 89.4 cm³/mol. The van der Waals surface area contributed by atoms with E-state index in [2.05, 4.69) is 5.32 Å². The highest BCUT2D eigenvalue weighted by Gasteiger charge is 2.36. The summed E-state index contributed by atoms with van der Waals surface area (Å²) in [5, 5.41) is 11.6. The third kappa shape index (κ3) is 4.68. The number of aliphatic carboxylic acids is 1. The molecule has 2 N–H and O–H groups in total. The zero-order chi connectivity index (χ0) is 18.4. The lowest BCUT2D eigenvalue weighted by molar-refractivity contribution is -0.153. The average molecular weight is 349 g/mol. The Morgan fingerprint density at radius 2 is 1.88 bits per heavy atom. The molecule has 1 saturated heterocycles. The molecule has 0 aromatic heterocycles. The molecule has 0 unspecified atom stereocenters. The Hall–Kier alpha value is -2.64. The normalized spacial score (nSPS) is 18.0. The Labute approximate surface area is 146 Å². The summed E-state index contributed by atoms with van der Waals surface area (Å²) < 4.78 is 0. The lowest BCUT2D eigenvalue weighted by Gasteiger charge is -2.33. The summed E-state index contributed by atoms with van der Waals surface area (Å²) in [6, 6.07) is -0.679. The summed E-state index contributed by atoms with van der Waals surface area (Å²) in [4.78, 5) is 50.0. The second kappa shape index (κ2) is 8.46. The van der Waals surface area contributed by atoms with Crippen LogP contribution < -0.4 is 5.32 Å². The van der Waals surface area contributed by atoms with Crippen molar-refractivity contribution in [3.05, 3.63) is 23.4 Å². The molecular formula is C17H23N3O5. The smallest absolute Gasteiger partial charge is 0.328 e. The third-order valence-electron chi connectivity index (χ3n) is 4.24. The number of carbonyl (C=O) groups excluding carboxylic acids is 3. The molecule has 0 bridgehead atoms. The van der Waals surface area contributed by atoms with Gasteiger partial charge >= 0.3 is 23.8 Å². The van der Waals surface area contributed by atoms with Crippen molar-refractivity contribution >= 4 is 23.8 Å². The van der Waals surface area contributed by atoms with Gasteiger partial charge in [0.05, 0.1) is 6.42 Å². The predicted octanol–water partition coefficient (Wildman–Crippen LogP) is 1.25. The van der Waals surface area contributed by atoms with Gasteiger partial charge in [-0.2, -0.15) is 0 Å². The summed E-state index contributed by atoms with van der Waals surface area (Å²) >= 11 is 0. The number of imide groups is 1. The lowest BCUT2D eigenvalue weighted by atomic mass is 9.99. The van der Waals surface area contributed by atoms with Gasteiger partial charge in [-0.1, -0.05) is 25.5 Å². The van der Waals surface area contributed by atoms with Crippen LogP contribution in [0.4, 0.5) is 4.79 Å². The molecule has 0 aromatic carbocycles. The molecule has 0 saturated carbocycles. The zero-order valence-electron chi connectivity index (χ0n) is 14.3. The van der Waals surface area contributed by atoms with Crippen LogP contribution >= 0.6 is 0 Å². The first-order chi connectivity index (χ1) is 11.9. The summed E-state index contributed by atoms with van der Waals surface area (Å²) in [6.07, 6.45) is 6.06. The maximum Gasteiger partial charge on any atom is 0.328 e. The SMILES string of the molecule is CCCCN1CCN(C(=O)NC2=C(CC(=O)O)CC=CC2)C(=O)C1=O. The number of allylic oxidation sites excluding steroid dienone is 2. The fourth-order valence-corrected chi connectivity index (χ4v) is 2.82. The fourth-order valence-electron chi connectivity index (χ4n) is 2.82. The summed E-state index contributed by atoms with van der Waals surface area (Å²) in [5.74, 6) is -2.49. The minimum Gasteiger partial charge on any atom is -0.481 e. The van der Waals surface area contributed by atoms with Crippen molar-refractivity contribution in [1.82, 2.24) is 15.1 Å². The third-order valence-corrected chi connectivity index (χ3v) is 4.24. The number of rotatable bonds is 6. The Morgan fingerprint density at radius 3 is 2.56 bits per heavy atom. The van der Waals surface area contributed by atoms with E-state index in [1.165, 1.54) is 4.90 Å². The molecule has 0 atom stereocenters. The van der Waals surface area contributed by atoms with E-state index in [-0.39, 0.29) is 13.0 Å². The zero-order valence-corrected chi connectivity index (χ0v) is 14.3. The van der Waals surface area contributed by atoms with Crippen molar-refractivity contribution in [1.29, 1.82) is 0 Å². The second-order valence-corrected chi connectivity index (χ2v) is 6.06. The van der Waals surface area contributed by atoms with Crippen molar-refractivity contribution in [2.75, 3.05) is 19.6 Å². The molecule has 0 spiro atoms. The van der Waals surface area contributed by atoms with E-state index in [4.69, 9.17) is 5.11 Å². The monoisotopic (exact) mass is 349 g/mol. The number of nitrogens with zero attached hydrogens (tertiary/aromatic N) is 2. The first kappa shape index (κ1) is 18.7. The minimum atomic E-state index is -0.979. The molecule has 0 aromatic rings. The van der Waals surface area contributed by atoms with Gasteiger partial charge < -0.3 is 15.3 Å². The van der Waals surface area contributed by atoms with Crippen LogP contribution in [-0.2, 0) is 14.4 Å². The highest BCUT2D eigenvalue weighted by molar-refractivity contribution is 6.38. The number of amides is 4. The highest BCUT2D eigenvalue weighted by atomic mass is 16.4. The van der Waals surface area contributed by atoms with Crippen molar-refractivity contribution in [2.24, 2.45) is 0 Å². The van der Waals surface area contributed by atoms with E-state index in [1.54, 1.807) is 0 Å². The lowest BCUT2D eigenvalue weighted by Crippen LogP contribution is -2.58. The molecule has 8 nitrogen and oxygen atoms in total. The van der Waals surface area contributed by atoms with Crippen molar-refractivity contribution < 1.29 is 24.3 Å². The number of unbranched alkanes of at least 4 members (excludes halogenated alkanes) is 1. The number of piperazine rings is 1. The van der Waals surface area contributed by atoms with Crippen LogP contribution in [0.5, 0.6) is 0 Å². The van der Waals surface area contributed by atoms with E-state index in [1.807, 2.05) is 19.1 Å². The van der Waals surface area contributed by atoms with E-state index in [9.17, 15) is 19.2 Å². The van der Waals surface area contributed by atoms with Gasteiger partial charge in [-0.05, 0) is 18.4 Å². The molecule has 2 aliphatic rings. The molecular weight excluding hydrogens is 326 g/mol. The van der Waals surface area contributed by atoms with Crippen LogP contribution in [0.1, 0.15) is 39.0 Å². The maximum absolute atomic E-state index is 12.4. The van der Waals surface area contributed by atoms with Crippen LogP contribution in [0, 0.1) is 0 Å². The topological polar surface area (TPSA) is 107 Å². The number of carboxylic acids is 1. The molecule has 4 amide bonds. The molecule has 1 heterocycles. The standard InChI is InChI=1S/C17H23N3O5/c1-2-3-8-19-9-10-20(16(24)15(19)23)17(25)18-13-7-5-4-6-12(13)11-14(21)22/h4-5H,2-3,6-11H2,1H3,(H,18,25)(H,21,22). The molecule has 1 aliphatic carbocycles. The molecule has 136 valence electrons. The first-order valence-corrected chi connectivity index (χ1v) is 8.43. The molecule has 8 heteroatoms. The number of carbonyl (C=O) groups is 4. The van der Waals surface area contributed by atoms with E-state index in [0.717, 1.165) is 17.7 Å². The van der Waals surface area contributed by atoms with Gasteiger partial charge in [-0.15, -0.1) is 0 Å². The minimum absolute atomic E-state index is 0.136. The van der Waals surface area contributed by atoms with Gasteiger partial charge in [0.25, 0.3) is 0 Å². The summed E-state index contributed by atoms with van der Waals surface area (Å²) in [5.41, 5.74) is 1.09. The largest absolute Gasteiger partial charge is 0.481 e. The first-order valence-electron chi connectivity index (χ1n) is 8.43. The van der Waals surface area contributed by atoms with E-state index in [0.29, 0.717) is 37.2 Å². The molecule has 25 heavy (non-hydrogen) atoms. The van der Waals surface area contributed by atoms with Gasteiger partial charge in [-0.3, -0.25) is 19.3 Å². The number of urea groups is 1. The molecule has 0 radical (unpaired) electrons. The number of nitrogens with one attached hydrogen (secondary N) is 1. The van der Waals surface area contributed by atoms with Gasteiger partial charge in [0.1, 0.15) is 0 Å². The number of hydrogen-bond donors (Lipinski definition) is 2. The number of carboxylic acid groups (broad SMARTS) is 1. The van der Waals surface area contributed by atoms with E-state index < -0.39 is 23.8 Å². The fraction of sp³-hybridized carbons (Fsp3) is 0.529. The van der Waals surface area contributed by atoms with Crippen molar-refractivity contribution in [3.8, 4) is 0 Å². The quantitative estimate of drug-likeness (QED) is 0.554. The van der Waals surface area contributed by atoms with Gasteiger partial charge in [-0.25, -0.2) is 4.79 Å². The van der Waals surface area contributed by atoms with Crippen LogP contribution in [-0.4, -0.2) is 58.4 Å². The Kier molecular flexibility index (Phi) is 6.32. The van der Waals surface area contributed by atoms with Crippen LogP contribution in [0.2, 0.25) is 0 Å². The maximum atomic E-state index is 12.4. The Bertz CT molecular complexity index is 638. The van der Waals surface area contributed by atoms with Gasteiger partial charge in [0, 0.05) is 31.8 Å². The summed E-state index contributed by atoms with van der Waals surface area (Å²) in [7, 11) is 0. The van der Waals surface area contributed by atoms with Gasteiger partial charge in [0.2, 0.25) is 0 Å². The Morgan fingerprint density at radius 1 is 1.16 bits per heavy atom. The molecule has 2 rings (SSSR count). The van der Waals surface area contributed by atoms with Crippen LogP contribution in [0.25, 0.3) is 0 Å². The average Bonchev–Trinajstić information content (AvgIpc) is 2.57. The van der Waals surface area contributed by atoms with Crippen LogP contribution in [0.3, 0.4) is 0 Å². The van der Waals surface area contributed by atoms with Crippen molar-refractivity contribution in [2.45, 2.75) is 39.0 Å². The van der Waals surface area contributed by atoms with Crippen LogP contribution in [0.15, 0.2) is 23.4 Å².